The molecule has 1 fully saturated rings. The summed E-state index contributed by atoms with van der Waals surface area (Å²) in [4.78, 5) is 42.3. The maximum absolute atomic E-state index is 12.6. The molecule has 1 aliphatic rings. The van der Waals surface area contributed by atoms with Crippen LogP contribution in [0.25, 0.3) is 10.9 Å². The molecule has 1 aromatic heterocycles. The van der Waals surface area contributed by atoms with Gasteiger partial charge in [-0.25, -0.2) is 4.79 Å². The van der Waals surface area contributed by atoms with Crippen LogP contribution in [0.3, 0.4) is 0 Å². The molecule has 0 atom stereocenters. The standard InChI is InChI=1S/C18H20N4O3/c1-3-18(4-2)16(24)22(17(25)21-18)11-14(23)20-13-9-5-7-12-8-6-10-19-15(12)13/h5-10H,3-4,11H2,1-2H3,(H,20,23)(H,21,25). The van der Waals surface area contributed by atoms with E-state index >= 15 is 0 Å². The molecule has 2 heterocycles. The fourth-order valence-electron chi connectivity index (χ4n) is 3.09. The molecule has 0 aliphatic carbocycles. The van der Waals surface area contributed by atoms with E-state index in [-0.39, 0.29) is 12.5 Å². The molecule has 7 nitrogen and oxygen atoms in total. The van der Waals surface area contributed by atoms with Crippen molar-refractivity contribution in [1.82, 2.24) is 15.2 Å². The maximum atomic E-state index is 12.6. The van der Waals surface area contributed by atoms with Crippen LogP contribution >= 0.6 is 0 Å². The molecule has 25 heavy (non-hydrogen) atoms. The van der Waals surface area contributed by atoms with Gasteiger partial charge in [-0.1, -0.05) is 32.0 Å². The number of hydrogen-bond donors (Lipinski definition) is 2. The molecule has 0 bridgehead atoms. The largest absolute Gasteiger partial charge is 0.325 e. The number of imide groups is 1. The molecule has 1 saturated heterocycles. The van der Waals surface area contributed by atoms with Crippen molar-refractivity contribution in [3.63, 3.8) is 0 Å². The maximum Gasteiger partial charge on any atom is 0.325 e. The van der Waals surface area contributed by atoms with Crippen LogP contribution in [0.5, 0.6) is 0 Å². The summed E-state index contributed by atoms with van der Waals surface area (Å²) in [6.45, 7) is 3.36. The molecule has 0 unspecified atom stereocenters. The van der Waals surface area contributed by atoms with Gasteiger partial charge >= 0.3 is 6.03 Å². The van der Waals surface area contributed by atoms with Crippen molar-refractivity contribution >= 4 is 34.4 Å². The Labute approximate surface area is 145 Å². The average Bonchev–Trinajstić information content (AvgIpc) is 2.86. The number of benzene rings is 1. The van der Waals surface area contributed by atoms with Gasteiger partial charge in [0.05, 0.1) is 11.2 Å². The summed E-state index contributed by atoms with van der Waals surface area (Å²) in [6, 6.07) is 8.63. The predicted molar refractivity (Wildman–Crippen MR) is 93.9 cm³/mol. The number of urea groups is 1. The second kappa shape index (κ2) is 6.51. The molecule has 1 aliphatic heterocycles. The van der Waals surface area contributed by atoms with Gasteiger partial charge in [0.25, 0.3) is 5.91 Å². The van der Waals surface area contributed by atoms with Gasteiger partial charge in [0, 0.05) is 11.6 Å². The zero-order valence-corrected chi connectivity index (χ0v) is 14.2. The van der Waals surface area contributed by atoms with Gasteiger partial charge in [-0.05, 0) is 25.0 Å². The molecule has 7 heteroatoms. The van der Waals surface area contributed by atoms with Gasteiger partial charge in [-0.3, -0.25) is 19.5 Å². The van der Waals surface area contributed by atoms with Gasteiger partial charge in [0.2, 0.25) is 5.91 Å². The van der Waals surface area contributed by atoms with Crippen molar-refractivity contribution < 1.29 is 14.4 Å². The molecular weight excluding hydrogens is 320 g/mol. The van der Waals surface area contributed by atoms with Crippen LogP contribution in [0.15, 0.2) is 36.5 Å². The minimum absolute atomic E-state index is 0.324. The number of amides is 4. The van der Waals surface area contributed by atoms with Gasteiger partial charge in [-0.15, -0.1) is 0 Å². The first-order valence-corrected chi connectivity index (χ1v) is 8.28. The van der Waals surface area contributed by atoms with Gasteiger partial charge in [-0.2, -0.15) is 0 Å². The Morgan fingerprint density at radius 2 is 1.92 bits per heavy atom. The van der Waals surface area contributed by atoms with Gasteiger partial charge < -0.3 is 10.6 Å². The monoisotopic (exact) mass is 340 g/mol. The second-order valence-corrected chi connectivity index (χ2v) is 6.04. The normalized spacial score (nSPS) is 16.2. The van der Waals surface area contributed by atoms with Crippen LogP contribution < -0.4 is 10.6 Å². The highest BCUT2D eigenvalue weighted by atomic mass is 16.2. The lowest BCUT2D eigenvalue weighted by Gasteiger charge is -2.23. The lowest BCUT2D eigenvalue weighted by Crippen LogP contribution is -2.46. The number of rotatable bonds is 5. The molecular formula is C18H20N4O3. The SMILES string of the molecule is CCC1(CC)NC(=O)N(CC(=O)Nc2cccc3cccnc23)C1=O. The van der Waals surface area contributed by atoms with Crippen LogP contribution in [0, 0.1) is 0 Å². The summed E-state index contributed by atoms with van der Waals surface area (Å²) in [5.74, 6) is -0.793. The first kappa shape index (κ1) is 16.9. The number of para-hydroxylation sites is 1. The number of nitrogens with zero attached hydrogens (tertiary/aromatic N) is 2. The van der Waals surface area contributed by atoms with Crippen molar-refractivity contribution in [3.8, 4) is 0 Å². The van der Waals surface area contributed by atoms with Crippen LogP contribution in [-0.4, -0.2) is 39.8 Å². The van der Waals surface area contributed by atoms with E-state index in [0.717, 1.165) is 10.3 Å². The topological polar surface area (TPSA) is 91.4 Å². The molecule has 3 rings (SSSR count). The minimum atomic E-state index is -0.904. The zero-order valence-electron chi connectivity index (χ0n) is 14.2. The fourth-order valence-corrected chi connectivity index (χ4v) is 3.09. The van der Waals surface area contributed by atoms with E-state index in [9.17, 15) is 14.4 Å². The highest BCUT2D eigenvalue weighted by Gasteiger charge is 2.49. The summed E-state index contributed by atoms with van der Waals surface area (Å²) in [5.41, 5.74) is 0.303. The first-order valence-electron chi connectivity index (χ1n) is 8.28. The summed E-state index contributed by atoms with van der Waals surface area (Å²) < 4.78 is 0. The summed E-state index contributed by atoms with van der Waals surface area (Å²) >= 11 is 0. The summed E-state index contributed by atoms with van der Waals surface area (Å²) in [5, 5.41) is 6.35. The second-order valence-electron chi connectivity index (χ2n) is 6.04. The molecule has 0 spiro atoms. The van der Waals surface area contributed by atoms with Crippen LogP contribution in [0.1, 0.15) is 26.7 Å². The number of carbonyl (C=O) groups excluding carboxylic acids is 3. The summed E-state index contributed by atoms with van der Waals surface area (Å²) in [7, 11) is 0. The molecule has 4 amide bonds. The van der Waals surface area contributed by atoms with E-state index < -0.39 is 17.5 Å². The Bertz CT molecular complexity index is 840. The quantitative estimate of drug-likeness (QED) is 0.817. The Hall–Kier alpha value is -2.96. The number of nitrogens with one attached hydrogen (secondary N) is 2. The Kier molecular flexibility index (Phi) is 4.39. The van der Waals surface area contributed by atoms with E-state index in [1.54, 1.807) is 12.3 Å². The first-order chi connectivity index (χ1) is 12.0. The third-order valence-electron chi connectivity index (χ3n) is 4.66. The van der Waals surface area contributed by atoms with Crippen molar-refractivity contribution in [1.29, 1.82) is 0 Å². The van der Waals surface area contributed by atoms with E-state index in [2.05, 4.69) is 15.6 Å². The van der Waals surface area contributed by atoms with E-state index in [4.69, 9.17) is 0 Å². The Morgan fingerprint density at radius 1 is 1.20 bits per heavy atom. The Balaban J connectivity index is 1.77. The smallest absolute Gasteiger partial charge is 0.323 e. The van der Waals surface area contributed by atoms with E-state index in [0.29, 0.717) is 24.0 Å². The molecule has 2 N–H and O–H groups in total. The van der Waals surface area contributed by atoms with E-state index in [1.807, 2.05) is 38.1 Å². The number of aromatic nitrogens is 1. The molecule has 1 aromatic carbocycles. The predicted octanol–water partition coefficient (Wildman–Crippen LogP) is 2.28. The summed E-state index contributed by atoms with van der Waals surface area (Å²) in [6.07, 6.45) is 2.62. The number of hydrogen-bond acceptors (Lipinski definition) is 4. The molecule has 0 saturated carbocycles. The van der Waals surface area contributed by atoms with Crippen LogP contribution in [0.2, 0.25) is 0 Å². The number of fused-ring (bicyclic) bond motifs is 1. The Morgan fingerprint density at radius 3 is 2.60 bits per heavy atom. The third-order valence-corrected chi connectivity index (χ3v) is 4.66. The lowest BCUT2D eigenvalue weighted by molar-refractivity contribution is -0.134. The number of carbonyl (C=O) groups is 3. The third kappa shape index (κ3) is 2.93. The van der Waals surface area contributed by atoms with Crippen molar-refractivity contribution in [3.05, 3.63) is 36.5 Å². The van der Waals surface area contributed by atoms with Crippen LogP contribution in [-0.2, 0) is 9.59 Å². The van der Waals surface area contributed by atoms with Gasteiger partial charge in [0.15, 0.2) is 0 Å². The molecule has 0 radical (unpaired) electrons. The van der Waals surface area contributed by atoms with E-state index in [1.165, 1.54) is 0 Å². The number of pyridine rings is 1. The van der Waals surface area contributed by atoms with Crippen molar-refractivity contribution in [2.45, 2.75) is 32.2 Å². The highest BCUT2D eigenvalue weighted by molar-refractivity contribution is 6.10. The molecule has 2 aromatic rings. The average molecular weight is 340 g/mol. The highest BCUT2D eigenvalue weighted by Crippen LogP contribution is 2.25. The number of anilines is 1. The zero-order chi connectivity index (χ0) is 18.0. The minimum Gasteiger partial charge on any atom is -0.323 e. The fraction of sp³-hybridized carbons (Fsp3) is 0.333. The lowest BCUT2D eigenvalue weighted by atomic mass is 9.93. The van der Waals surface area contributed by atoms with Gasteiger partial charge in [0.1, 0.15) is 12.1 Å². The van der Waals surface area contributed by atoms with Crippen molar-refractivity contribution in [2.75, 3.05) is 11.9 Å². The van der Waals surface area contributed by atoms with Crippen LogP contribution in [0.4, 0.5) is 10.5 Å². The van der Waals surface area contributed by atoms with Crippen molar-refractivity contribution in [2.24, 2.45) is 0 Å². The molecule has 130 valence electrons.